The molecule has 0 bridgehead atoms. The fraction of sp³-hybridized carbons (Fsp3) is 0.350. The van der Waals surface area contributed by atoms with E-state index in [0.29, 0.717) is 12.1 Å². The Bertz CT molecular complexity index is 912. The molecular formula is C20H25BrN3O4S+. The van der Waals surface area contributed by atoms with Gasteiger partial charge in [0.05, 0.1) is 31.2 Å². The molecule has 0 atom stereocenters. The van der Waals surface area contributed by atoms with Crippen molar-refractivity contribution in [2.24, 2.45) is 0 Å². The van der Waals surface area contributed by atoms with Gasteiger partial charge in [0.25, 0.3) is 5.91 Å². The summed E-state index contributed by atoms with van der Waals surface area (Å²) < 4.78 is 33.4. The number of rotatable bonds is 8. The summed E-state index contributed by atoms with van der Waals surface area (Å²) in [4.78, 5) is 13.9. The average molecular weight is 483 g/mol. The van der Waals surface area contributed by atoms with Crippen LogP contribution in [0.1, 0.15) is 15.9 Å². The van der Waals surface area contributed by atoms with Gasteiger partial charge in [-0.05, 0) is 42.0 Å². The van der Waals surface area contributed by atoms with Gasteiger partial charge in [0.15, 0.2) is 0 Å². The van der Waals surface area contributed by atoms with Crippen molar-refractivity contribution in [3.05, 3.63) is 64.1 Å². The number of benzene rings is 2. The molecule has 3 rings (SSSR count). The first-order valence-electron chi connectivity index (χ1n) is 9.48. The van der Waals surface area contributed by atoms with Crippen molar-refractivity contribution >= 4 is 31.9 Å². The second kappa shape index (κ2) is 10.3. The van der Waals surface area contributed by atoms with Crippen molar-refractivity contribution in [2.75, 3.05) is 39.4 Å². The van der Waals surface area contributed by atoms with E-state index in [2.05, 4.69) is 26.0 Å². The van der Waals surface area contributed by atoms with Crippen LogP contribution < -0.4 is 14.9 Å². The molecule has 7 nitrogen and oxygen atoms in total. The number of amides is 1. The van der Waals surface area contributed by atoms with Gasteiger partial charge in [-0.25, -0.2) is 13.1 Å². The van der Waals surface area contributed by atoms with Crippen LogP contribution in [0.2, 0.25) is 0 Å². The van der Waals surface area contributed by atoms with Gasteiger partial charge in [-0.15, -0.1) is 0 Å². The first-order chi connectivity index (χ1) is 13.9. The number of sulfonamides is 1. The molecule has 0 unspecified atom stereocenters. The van der Waals surface area contributed by atoms with E-state index in [4.69, 9.17) is 4.74 Å². The third-order valence-electron chi connectivity index (χ3n) is 4.77. The Labute approximate surface area is 179 Å². The summed E-state index contributed by atoms with van der Waals surface area (Å²) in [6, 6.07) is 13.4. The molecule has 9 heteroatoms. The van der Waals surface area contributed by atoms with Crippen molar-refractivity contribution < 1.29 is 22.8 Å². The molecule has 1 aliphatic rings. The van der Waals surface area contributed by atoms with E-state index in [1.54, 1.807) is 48.5 Å². The van der Waals surface area contributed by atoms with E-state index in [1.165, 1.54) is 4.90 Å². The molecule has 0 radical (unpaired) electrons. The van der Waals surface area contributed by atoms with Crippen LogP contribution in [0.15, 0.2) is 57.9 Å². The zero-order valence-electron chi connectivity index (χ0n) is 16.0. The molecule has 29 heavy (non-hydrogen) atoms. The Kier molecular flexibility index (Phi) is 7.79. The maximum atomic E-state index is 12.3. The predicted molar refractivity (Wildman–Crippen MR) is 113 cm³/mol. The number of hydrogen-bond acceptors (Lipinski definition) is 4. The minimum atomic E-state index is -3.59. The predicted octanol–water partition coefficient (Wildman–Crippen LogP) is 0.573. The molecule has 3 N–H and O–H groups in total. The van der Waals surface area contributed by atoms with Crippen molar-refractivity contribution in [1.82, 2.24) is 10.0 Å². The largest absolute Gasteiger partial charge is 0.370 e. The quantitative estimate of drug-likeness (QED) is 0.513. The number of carbonyl (C=O) groups excluding carboxylic acids is 1. The number of carbonyl (C=O) groups is 1. The van der Waals surface area contributed by atoms with Crippen LogP contribution in [0.4, 0.5) is 0 Å². The minimum absolute atomic E-state index is 0.125. The molecule has 156 valence electrons. The Morgan fingerprint density at radius 2 is 1.69 bits per heavy atom. The smallest absolute Gasteiger partial charge is 0.251 e. The fourth-order valence-corrected chi connectivity index (χ4v) is 4.30. The second-order valence-electron chi connectivity index (χ2n) is 6.84. The first kappa shape index (κ1) is 21.9. The molecule has 1 fully saturated rings. The lowest BCUT2D eigenvalue weighted by Crippen LogP contribution is -3.14. The molecule has 2 aromatic rings. The SMILES string of the molecule is O=C(NCC[NH+]1CCOCC1)c1ccc(CNS(=O)(=O)c2ccc(Br)cc2)cc1. The lowest BCUT2D eigenvalue weighted by molar-refractivity contribution is -0.906. The number of nitrogens with one attached hydrogen (secondary N) is 3. The summed E-state index contributed by atoms with van der Waals surface area (Å²) in [6.07, 6.45) is 0. The van der Waals surface area contributed by atoms with Gasteiger partial charge in [-0.1, -0.05) is 28.1 Å². The van der Waals surface area contributed by atoms with Gasteiger partial charge in [-0.2, -0.15) is 0 Å². The molecule has 0 saturated carbocycles. The maximum absolute atomic E-state index is 12.3. The van der Waals surface area contributed by atoms with Crippen molar-refractivity contribution in [2.45, 2.75) is 11.4 Å². The van der Waals surface area contributed by atoms with Gasteiger partial charge in [-0.3, -0.25) is 4.79 Å². The molecule has 1 heterocycles. The minimum Gasteiger partial charge on any atom is -0.370 e. The third-order valence-corrected chi connectivity index (χ3v) is 6.72. The molecule has 1 aliphatic heterocycles. The van der Waals surface area contributed by atoms with E-state index >= 15 is 0 Å². The molecule has 0 aliphatic carbocycles. The normalized spacial score (nSPS) is 15.2. The highest BCUT2D eigenvalue weighted by atomic mass is 79.9. The van der Waals surface area contributed by atoms with Crippen LogP contribution >= 0.6 is 15.9 Å². The van der Waals surface area contributed by atoms with E-state index in [1.807, 2.05) is 0 Å². The van der Waals surface area contributed by atoms with Crippen molar-refractivity contribution in [3.63, 3.8) is 0 Å². The molecule has 1 amide bonds. The number of morpholine rings is 1. The van der Waals surface area contributed by atoms with E-state index in [-0.39, 0.29) is 17.3 Å². The number of quaternary nitrogens is 1. The number of hydrogen-bond donors (Lipinski definition) is 3. The summed E-state index contributed by atoms with van der Waals surface area (Å²) in [7, 11) is -3.59. The fourth-order valence-electron chi connectivity index (χ4n) is 3.01. The first-order valence-corrected chi connectivity index (χ1v) is 11.8. The Morgan fingerprint density at radius 3 is 2.34 bits per heavy atom. The van der Waals surface area contributed by atoms with Gasteiger partial charge in [0.2, 0.25) is 10.0 Å². The molecule has 0 spiro atoms. The lowest BCUT2D eigenvalue weighted by atomic mass is 10.1. The van der Waals surface area contributed by atoms with Crippen LogP contribution in [-0.4, -0.2) is 53.7 Å². The Balaban J connectivity index is 1.47. The van der Waals surface area contributed by atoms with Gasteiger partial charge in [0, 0.05) is 16.6 Å². The standard InChI is InChI=1S/C20H24BrN3O4S/c21-18-5-7-19(8-6-18)29(26,27)23-15-16-1-3-17(4-2-16)20(25)22-9-10-24-11-13-28-14-12-24/h1-8,23H,9-15H2,(H,22,25)/p+1. The molecule has 0 aromatic heterocycles. The Hall–Kier alpha value is -1.78. The van der Waals surface area contributed by atoms with Crippen LogP contribution in [0, 0.1) is 0 Å². The molecule has 2 aromatic carbocycles. The summed E-state index contributed by atoms with van der Waals surface area (Å²) >= 11 is 3.29. The van der Waals surface area contributed by atoms with Crippen LogP contribution in [-0.2, 0) is 21.3 Å². The van der Waals surface area contributed by atoms with Gasteiger partial charge >= 0.3 is 0 Å². The highest BCUT2D eigenvalue weighted by molar-refractivity contribution is 9.10. The topological polar surface area (TPSA) is 88.9 Å². The molecule has 1 saturated heterocycles. The van der Waals surface area contributed by atoms with E-state index in [0.717, 1.165) is 42.9 Å². The monoisotopic (exact) mass is 482 g/mol. The van der Waals surface area contributed by atoms with Gasteiger partial charge in [0.1, 0.15) is 13.1 Å². The zero-order chi connectivity index (χ0) is 20.7. The number of ether oxygens (including phenoxy) is 1. The summed E-state index contributed by atoms with van der Waals surface area (Å²) in [5, 5.41) is 2.93. The summed E-state index contributed by atoms with van der Waals surface area (Å²) in [5.74, 6) is -0.125. The van der Waals surface area contributed by atoms with Crippen molar-refractivity contribution in [3.8, 4) is 0 Å². The highest BCUT2D eigenvalue weighted by Crippen LogP contribution is 2.15. The average Bonchev–Trinajstić information content (AvgIpc) is 2.74. The van der Waals surface area contributed by atoms with Crippen LogP contribution in [0.5, 0.6) is 0 Å². The lowest BCUT2D eigenvalue weighted by Gasteiger charge is -2.23. The summed E-state index contributed by atoms with van der Waals surface area (Å²) in [5.41, 5.74) is 1.33. The van der Waals surface area contributed by atoms with Crippen LogP contribution in [0.25, 0.3) is 0 Å². The Morgan fingerprint density at radius 1 is 1.03 bits per heavy atom. The number of halogens is 1. The zero-order valence-corrected chi connectivity index (χ0v) is 18.4. The second-order valence-corrected chi connectivity index (χ2v) is 9.53. The maximum Gasteiger partial charge on any atom is 0.251 e. The van der Waals surface area contributed by atoms with E-state index in [9.17, 15) is 13.2 Å². The van der Waals surface area contributed by atoms with Crippen LogP contribution in [0.3, 0.4) is 0 Å². The van der Waals surface area contributed by atoms with Crippen molar-refractivity contribution in [1.29, 1.82) is 0 Å². The van der Waals surface area contributed by atoms with Gasteiger partial charge < -0.3 is 15.0 Å². The summed E-state index contributed by atoms with van der Waals surface area (Å²) in [6.45, 7) is 5.14. The molecular weight excluding hydrogens is 458 g/mol. The van der Waals surface area contributed by atoms with E-state index < -0.39 is 10.0 Å². The highest BCUT2D eigenvalue weighted by Gasteiger charge is 2.15. The third kappa shape index (κ3) is 6.61.